The SMILES string of the molecule is Cc1oc(-n2cccc2)c(C#N)c1C(=O)NCC(N)=O. The van der Waals surface area contributed by atoms with Crippen LogP contribution in [0.2, 0.25) is 0 Å². The van der Waals surface area contributed by atoms with E-state index in [4.69, 9.17) is 10.2 Å². The van der Waals surface area contributed by atoms with Gasteiger partial charge < -0.3 is 15.5 Å². The van der Waals surface area contributed by atoms with Crippen LogP contribution in [0.3, 0.4) is 0 Å². The molecule has 0 aliphatic heterocycles. The van der Waals surface area contributed by atoms with Gasteiger partial charge in [-0.05, 0) is 19.1 Å². The number of aryl methyl sites for hydroxylation is 1. The first kappa shape index (κ1) is 13.4. The molecule has 7 nitrogen and oxygen atoms in total. The highest BCUT2D eigenvalue weighted by Crippen LogP contribution is 2.25. The molecule has 0 fully saturated rings. The van der Waals surface area contributed by atoms with E-state index in [0.29, 0.717) is 5.76 Å². The molecule has 2 rings (SSSR count). The summed E-state index contributed by atoms with van der Waals surface area (Å²) < 4.78 is 7.07. The Labute approximate surface area is 114 Å². The van der Waals surface area contributed by atoms with Crippen LogP contribution in [-0.4, -0.2) is 22.9 Å². The second kappa shape index (κ2) is 5.32. The number of nitrogens with one attached hydrogen (secondary N) is 1. The fourth-order valence-electron chi connectivity index (χ4n) is 1.81. The van der Waals surface area contributed by atoms with Gasteiger partial charge in [-0.25, -0.2) is 0 Å². The van der Waals surface area contributed by atoms with Crippen LogP contribution in [0.4, 0.5) is 0 Å². The Morgan fingerprint density at radius 2 is 2.10 bits per heavy atom. The number of nitrogens with two attached hydrogens (primary N) is 1. The number of primary amides is 1. The molecule has 2 aromatic rings. The van der Waals surface area contributed by atoms with Crippen LogP contribution < -0.4 is 11.1 Å². The molecule has 3 N–H and O–H groups in total. The van der Waals surface area contributed by atoms with Gasteiger partial charge in [0.2, 0.25) is 11.8 Å². The molecule has 102 valence electrons. The average molecular weight is 272 g/mol. The highest BCUT2D eigenvalue weighted by Gasteiger charge is 2.24. The fraction of sp³-hybridized carbons (Fsp3) is 0.154. The number of carbonyl (C=O) groups is 2. The van der Waals surface area contributed by atoms with Crippen molar-refractivity contribution in [3.05, 3.63) is 41.4 Å². The molecule has 0 spiro atoms. The van der Waals surface area contributed by atoms with E-state index in [1.165, 1.54) is 0 Å². The molecule has 0 saturated carbocycles. The van der Waals surface area contributed by atoms with Crippen molar-refractivity contribution in [1.82, 2.24) is 9.88 Å². The van der Waals surface area contributed by atoms with E-state index in [1.54, 1.807) is 36.0 Å². The lowest BCUT2D eigenvalue weighted by molar-refractivity contribution is -0.117. The molecule has 0 aromatic carbocycles. The van der Waals surface area contributed by atoms with Crippen molar-refractivity contribution in [2.75, 3.05) is 6.54 Å². The van der Waals surface area contributed by atoms with Gasteiger partial charge in [0.1, 0.15) is 23.0 Å². The number of nitrogens with zero attached hydrogens (tertiary/aromatic N) is 2. The number of hydrogen-bond acceptors (Lipinski definition) is 4. The minimum Gasteiger partial charge on any atom is -0.443 e. The zero-order valence-corrected chi connectivity index (χ0v) is 10.7. The van der Waals surface area contributed by atoms with Gasteiger partial charge >= 0.3 is 0 Å². The third-order valence-corrected chi connectivity index (χ3v) is 2.67. The molecule has 7 heteroatoms. The van der Waals surface area contributed by atoms with Crippen LogP contribution in [0.5, 0.6) is 0 Å². The molecule has 0 bridgehead atoms. The number of hydrogen-bond donors (Lipinski definition) is 2. The summed E-state index contributed by atoms with van der Waals surface area (Å²) in [6.45, 7) is 1.28. The lowest BCUT2D eigenvalue weighted by Crippen LogP contribution is -2.33. The Morgan fingerprint density at radius 1 is 1.45 bits per heavy atom. The topological polar surface area (TPSA) is 114 Å². The normalized spacial score (nSPS) is 10.0. The summed E-state index contributed by atoms with van der Waals surface area (Å²) in [6.07, 6.45) is 3.40. The Bertz CT molecular complexity index is 692. The van der Waals surface area contributed by atoms with E-state index >= 15 is 0 Å². The summed E-state index contributed by atoms with van der Waals surface area (Å²) in [5.41, 5.74) is 5.18. The van der Waals surface area contributed by atoms with Crippen LogP contribution in [0.15, 0.2) is 28.9 Å². The number of amides is 2. The predicted molar refractivity (Wildman–Crippen MR) is 69.0 cm³/mol. The minimum absolute atomic E-state index is 0.109. The molecule has 0 radical (unpaired) electrons. The number of rotatable bonds is 4. The highest BCUT2D eigenvalue weighted by molar-refractivity contribution is 6.00. The molecule has 0 unspecified atom stereocenters. The van der Waals surface area contributed by atoms with E-state index in [0.717, 1.165) is 0 Å². The molecular weight excluding hydrogens is 260 g/mol. The molecule has 2 heterocycles. The van der Waals surface area contributed by atoms with Crippen LogP contribution in [0, 0.1) is 18.3 Å². The number of aromatic nitrogens is 1. The van der Waals surface area contributed by atoms with Gasteiger partial charge in [-0.1, -0.05) is 0 Å². The maximum atomic E-state index is 12.0. The van der Waals surface area contributed by atoms with Gasteiger partial charge in [0.05, 0.1) is 6.54 Å². The first-order chi connectivity index (χ1) is 9.54. The van der Waals surface area contributed by atoms with E-state index in [2.05, 4.69) is 5.32 Å². The lowest BCUT2D eigenvalue weighted by Gasteiger charge is -2.01. The molecule has 0 saturated heterocycles. The van der Waals surface area contributed by atoms with Crippen molar-refractivity contribution in [2.45, 2.75) is 6.92 Å². The van der Waals surface area contributed by atoms with Crippen LogP contribution in [-0.2, 0) is 4.79 Å². The Kier molecular flexibility index (Phi) is 3.57. The molecule has 0 aliphatic rings. The molecule has 2 amide bonds. The predicted octanol–water partition coefficient (Wildman–Crippen LogP) is 0.465. The third-order valence-electron chi connectivity index (χ3n) is 2.67. The first-order valence-corrected chi connectivity index (χ1v) is 5.78. The van der Waals surface area contributed by atoms with Crippen molar-refractivity contribution < 1.29 is 14.0 Å². The molecule has 0 aliphatic carbocycles. The van der Waals surface area contributed by atoms with Crippen LogP contribution >= 0.6 is 0 Å². The molecular formula is C13H12N4O3. The maximum Gasteiger partial charge on any atom is 0.256 e. The Balaban J connectivity index is 2.42. The minimum atomic E-state index is -0.663. The van der Waals surface area contributed by atoms with Crippen LogP contribution in [0.25, 0.3) is 5.88 Å². The van der Waals surface area contributed by atoms with Gasteiger partial charge in [-0.2, -0.15) is 5.26 Å². The van der Waals surface area contributed by atoms with Crippen LogP contribution in [0.1, 0.15) is 21.7 Å². The largest absolute Gasteiger partial charge is 0.443 e. The lowest BCUT2D eigenvalue weighted by atomic mass is 10.1. The monoisotopic (exact) mass is 272 g/mol. The Hall–Kier alpha value is -3.01. The second-order valence-corrected chi connectivity index (χ2v) is 4.06. The summed E-state index contributed by atoms with van der Waals surface area (Å²) in [4.78, 5) is 22.7. The maximum absolute atomic E-state index is 12.0. The first-order valence-electron chi connectivity index (χ1n) is 5.78. The highest BCUT2D eigenvalue weighted by atomic mass is 16.4. The molecule has 0 atom stereocenters. The zero-order valence-electron chi connectivity index (χ0n) is 10.7. The summed E-state index contributed by atoms with van der Waals surface area (Å²) in [5.74, 6) is -0.671. The van der Waals surface area contributed by atoms with Crippen molar-refractivity contribution in [1.29, 1.82) is 5.26 Å². The van der Waals surface area contributed by atoms with E-state index in [9.17, 15) is 14.9 Å². The molecule has 2 aromatic heterocycles. The number of nitriles is 1. The van der Waals surface area contributed by atoms with Gasteiger partial charge in [-0.3, -0.25) is 14.2 Å². The third kappa shape index (κ3) is 2.40. The summed E-state index contributed by atoms with van der Waals surface area (Å²) in [7, 11) is 0. The van der Waals surface area contributed by atoms with Gasteiger partial charge in [0.25, 0.3) is 5.91 Å². The summed E-state index contributed by atoms with van der Waals surface area (Å²) in [5, 5.41) is 11.6. The second-order valence-electron chi connectivity index (χ2n) is 4.06. The quantitative estimate of drug-likeness (QED) is 0.841. The Morgan fingerprint density at radius 3 is 2.65 bits per heavy atom. The zero-order chi connectivity index (χ0) is 14.7. The average Bonchev–Trinajstić information content (AvgIpc) is 3.02. The van der Waals surface area contributed by atoms with Gasteiger partial charge in [0, 0.05) is 12.4 Å². The van der Waals surface area contributed by atoms with E-state index < -0.39 is 11.8 Å². The van der Waals surface area contributed by atoms with Crippen molar-refractivity contribution >= 4 is 11.8 Å². The van der Waals surface area contributed by atoms with E-state index in [1.807, 2.05) is 6.07 Å². The fourth-order valence-corrected chi connectivity index (χ4v) is 1.81. The van der Waals surface area contributed by atoms with Gasteiger partial charge in [-0.15, -0.1) is 0 Å². The number of furan rings is 1. The van der Waals surface area contributed by atoms with Crippen molar-refractivity contribution in [3.63, 3.8) is 0 Å². The number of carbonyl (C=O) groups excluding carboxylic acids is 2. The van der Waals surface area contributed by atoms with E-state index in [-0.39, 0.29) is 23.6 Å². The molecule has 20 heavy (non-hydrogen) atoms. The van der Waals surface area contributed by atoms with Gasteiger partial charge in [0.15, 0.2) is 0 Å². The smallest absolute Gasteiger partial charge is 0.256 e. The standard InChI is InChI=1S/C13H12N4O3/c1-8-11(12(19)16-7-10(15)18)9(6-14)13(20-8)17-4-2-3-5-17/h2-5H,7H2,1H3,(H2,15,18)(H,16,19). The summed E-state index contributed by atoms with van der Waals surface area (Å²) >= 11 is 0. The summed E-state index contributed by atoms with van der Waals surface area (Å²) in [6, 6.07) is 5.49. The van der Waals surface area contributed by atoms with Crippen molar-refractivity contribution in [2.24, 2.45) is 5.73 Å². The van der Waals surface area contributed by atoms with Crippen molar-refractivity contribution in [3.8, 4) is 12.0 Å².